The van der Waals surface area contributed by atoms with Crippen molar-refractivity contribution < 1.29 is 9.53 Å². The molecule has 1 aromatic rings. The van der Waals surface area contributed by atoms with Crippen LogP contribution in [0.25, 0.3) is 0 Å². The van der Waals surface area contributed by atoms with Crippen LogP contribution in [0, 0.1) is 0 Å². The van der Waals surface area contributed by atoms with Crippen LogP contribution >= 0.6 is 0 Å². The summed E-state index contributed by atoms with van der Waals surface area (Å²) in [5.74, 6) is 0.0594. The van der Waals surface area contributed by atoms with Crippen LogP contribution in [0.4, 0.5) is 5.69 Å². The predicted octanol–water partition coefficient (Wildman–Crippen LogP) is 1.34. The number of rotatable bonds is 2. The molecule has 0 radical (unpaired) electrons. The van der Waals surface area contributed by atoms with E-state index in [-0.39, 0.29) is 18.1 Å². The maximum atomic E-state index is 12.7. The van der Waals surface area contributed by atoms with Crippen molar-refractivity contribution in [1.82, 2.24) is 4.81 Å². The van der Waals surface area contributed by atoms with Crippen molar-refractivity contribution in [3.8, 4) is 0 Å². The maximum Gasteiger partial charge on any atom is 0.253 e. The number of anilines is 1. The number of methoxy groups -OCH3 is 1. The van der Waals surface area contributed by atoms with Gasteiger partial charge in [0.15, 0.2) is 7.98 Å². The molecule has 1 amide bonds. The molecule has 0 aromatic heterocycles. The highest BCUT2D eigenvalue weighted by molar-refractivity contribution is 6.04. The van der Waals surface area contributed by atoms with Crippen LogP contribution < -0.4 is 4.90 Å². The van der Waals surface area contributed by atoms with Crippen LogP contribution in [0.1, 0.15) is 37.0 Å². The van der Waals surface area contributed by atoms with E-state index >= 15 is 0 Å². The zero-order valence-electron chi connectivity index (χ0n) is 14.8. The highest BCUT2D eigenvalue weighted by Gasteiger charge is 2.37. The average molecular weight is 314 g/mol. The molecule has 2 aliphatic rings. The van der Waals surface area contributed by atoms with Crippen molar-refractivity contribution in [3.05, 3.63) is 28.8 Å². The lowest BCUT2D eigenvalue weighted by Gasteiger charge is -2.44. The fourth-order valence-electron chi connectivity index (χ4n) is 3.87. The Labute approximate surface area is 140 Å². The number of carbonyl (C=O) groups excluding carboxylic acids is 1. The van der Waals surface area contributed by atoms with Crippen molar-refractivity contribution >= 4 is 19.6 Å². The van der Waals surface area contributed by atoms with Gasteiger partial charge in [0.25, 0.3) is 5.91 Å². The largest absolute Gasteiger partial charge is 0.375 e. The van der Waals surface area contributed by atoms with Gasteiger partial charge < -0.3 is 14.4 Å². The van der Waals surface area contributed by atoms with Gasteiger partial charge in [-0.15, -0.1) is 0 Å². The zero-order chi connectivity index (χ0) is 16.6. The number of aryl methyl sites for hydroxylation is 1. The summed E-state index contributed by atoms with van der Waals surface area (Å²) in [4.78, 5) is 17.0. The number of benzene rings is 1. The predicted molar refractivity (Wildman–Crippen MR) is 95.7 cm³/mol. The van der Waals surface area contributed by atoms with Gasteiger partial charge in [0.2, 0.25) is 0 Å². The molecule has 0 saturated carbocycles. The number of fused-ring (bicyclic) bond motifs is 2. The summed E-state index contributed by atoms with van der Waals surface area (Å²) in [6.07, 6.45) is 4.21. The van der Waals surface area contributed by atoms with E-state index in [0.29, 0.717) is 0 Å². The third kappa shape index (κ3) is 3.17. The highest BCUT2D eigenvalue weighted by atomic mass is 16.5. The van der Waals surface area contributed by atoms with Gasteiger partial charge in [0.1, 0.15) is 6.61 Å². The minimum Gasteiger partial charge on any atom is -0.375 e. The standard InChI is InChI=1S/C18H27BN2O2/c1-18(2)7-4-15-10-13-5-8-20(19)9-6-14(13)11-16(15)21(18)17(22)12-23-3/h10-11H,4-9,12,19H2,1-3H3. The fourth-order valence-corrected chi connectivity index (χ4v) is 3.87. The maximum absolute atomic E-state index is 12.7. The summed E-state index contributed by atoms with van der Waals surface area (Å²) in [6.45, 7) is 6.65. The lowest BCUT2D eigenvalue weighted by Crippen LogP contribution is -2.52. The van der Waals surface area contributed by atoms with Gasteiger partial charge in [-0.25, -0.2) is 0 Å². The van der Waals surface area contributed by atoms with Crippen LogP contribution in [-0.2, 0) is 28.8 Å². The van der Waals surface area contributed by atoms with E-state index < -0.39 is 0 Å². The Morgan fingerprint density at radius 1 is 1.17 bits per heavy atom. The molecule has 5 heteroatoms. The fraction of sp³-hybridized carbons (Fsp3) is 0.611. The molecule has 0 atom stereocenters. The lowest BCUT2D eigenvalue weighted by atomic mass is 9.84. The van der Waals surface area contributed by atoms with Gasteiger partial charge in [-0.3, -0.25) is 4.79 Å². The van der Waals surface area contributed by atoms with Crippen LogP contribution in [0.15, 0.2) is 12.1 Å². The van der Waals surface area contributed by atoms with Crippen molar-refractivity contribution in [2.45, 2.75) is 45.1 Å². The molecule has 0 saturated heterocycles. The SMILES string of the molecule is BN1CCc2cc3c(cc2CC1)N(C(=O)COC)C(C)(C)CC3. The molecule has 4 nitrogen and oxygen atoms in total. The van der Waals surface area contributed by atoms with Crippen molar-refractivity contribution in [2.75, 3.05) is 31.7 Å². The summed E-state index contributed by atoms with van der Waals surface area (Å²) in [5, 5.41) is 0. The Balaban J connectivity index is 2.03. The molecule has 2 heterocycles. The van der Waals surface area contributed by atoms with Gasteiger partial charge >= 0.3 is 0 Å². The minimum absolute atomic E-state index is 0.0594. The third-order valence-electron chi connectivity index (χ3n) is 5.30. The van der Waals surface area contributed by atoms with Crippen LogP contribution in [-0.4, -0.2) is 51.0 Å². The second kappa shape index (κ2) is 6.29. The first-order valence-electron chi connectivity index (χ1n) is 8.57. The Morgan fingerprint density at radius 3 is 2.48 bits per heavy atom. The van der Waals surface area contributed by atoms with Crippen LogP contribution in [0.5, 0.6) is 0 Å². The molecule has 0 unspecified atom stereocenters. The smallest absolute Gasteiger partial charge is 0.253 e. The van der Waals surface area contributed by atoms with E-state index in [1.165, 1.54) is 16.7 Å². The minimum atomic E-state index is -0.154. The number of hydrogen-bond donors (Lipinski definition) is 0. The summed E-state index contributed by atoms with van der Waals surface area (Å²) in [5.41, 5.74) is 5.13. The molecular weight excluding hydrogens is 287 g/mol. The number of carbonyl (C=O) groups is 1. The molecule has 124 valence electrons. The Hall–Kier alpha value is -1.33. The number of amides is 1. The number of hydrogen-bond acceptors (Lipinski definition) is 3. The first-order valence-corrected chi connectivity index (χ1v) is 8.57. The molecular formula is C18H27BN2O2. The van der Waals surface area contributed by atoms with Crippen LogP contribution in [0.2, 0.25) is 0 Å². The Morgan fingerprint density at radius 2 is 1.83 bits per heavy atom. The molecule has 23 heavy (non-hydrogen) atoms. The van der Waals surface area contributed by atoms with Gasteiger partial charge in [-0.05, 0) is 75.4 Å². The average Bonchev–Trinajstić information content (AvgIpc) is 2.67. The number of nitrogens with zero attached hydrogens (tertiary/aromatic N) is 2. The van der Waals surface area contributed by atoms with Gasteiger partial charge in [-0.2, -0.15) is 0 Å². The molecule has 3 rings (SSSR count). The van der Waals surface area contributed by atoms with E-state index in [4.69, 9.17) is 4.74 Å². The topological polar surface area (TPSA) is 32.8 Å². The monoisotopic (exact) mass is 314 g/mol. The first-order chi connectivity index (χ1) is 10.9. The second-order valence-corrected chi connectivity index (χ2v) is 7.53. The van der Waals surface area contributed by atoms with Crippen LogP contribution in [0.3, 0.4) is 0 Å². The summed E-state index contributed by atoms with van der Waals surface area (Å²) in [7, 11) is 3.77. The van der Waals surface area contributed by atoms with Gasteiger partial charge in [0, 0.05) is 18.3 Å². The highest BCUT2D eigenvalue weighted by Crippen LogP contribution is 2.39. The molecule has 0 spiro atoms. The van der Waals surface area contributed by atoms with Gasteiger partial charge in [0.05, 0.1) is 0 Å². The zero-order valence-corrected chi connectivity index (χ0v) is 14.8. The Bertz CT molecular complexity index is 615. The number of ether oxygens (including phenoxy) is 1. The summed E-state index contributed by atoms with van der Waals surface area (Å²) in [6, 6.07) is 4.63. The van der Waals surface area contributed by atoms with Gasteiger partial charge in [-0.1, -0.05) is 6.07 Å². The van der Waals surface area contributed by atoms with E-state index in [1.54, 1.807) is 7.11 Å². The first kappa shape index (κ1) is 16.5. The lowest BCUT2D eigenvalue weighted by molar-refractivity contribution is -0.123. The molecule has 0 aliphatic carbocycles. The summed E-state index contributed by atoms with van der Waals surface area (Å²) >= 11 is 0. The quantitative estimate of drug-likeness (QED) is 0.773. The summed E-state index contributed by atoms with van der Waals surface area (Å²) < 4.78 is 5.11. The van der Waals surface area contributed by atoms with E-state index in [0.717, 1.165) is 44.5 Å². The molecule has 0 N–H and O–H groups in total. The molecule has 0 bridgehead atoms. The van der Waals surface area contributed by atoms with Crippen molar-refractivity contribution in [3.63, 3.8) is 0 Å². The molecule has 0 fully saturated rings. The van der Waals surface area contributed by atoms with E-state index in [2.05, 4.69) is 38.8 Å². The molecule has 1 aromatic carbocycles. The van der Waals surface area contributed by atoms with E-state index in [1.807, 2.05) is 4.90 Å². The van der Waals surface area contributed by atoms with E-state index in [9.17, 15) is 4.79 Å². The normalized spacial score (nSPS) is 20.6. The Kier molecular flexibility index (Phi) is 4.52. The van der Waals surface area contributed by atoms with Crippen molar-refractivity contribution in [2.24, 2.45) is 0 Å². The molecule has 2 aliphatic heterocycles. The van der Waals surface area contributed by atoms with Crippen molar-refractivity contribution in [1.29, 1.82) is 0 Å². The second-order valence-electron chi connectivity index (χ2n) is 7.53. The third-order valence-corrected chi connectivity index (χ3v) is 5.30.